The lowest BCUT2D eigenvalue weighted by Gasteiger charge is -2.12. The molecule has 0 aliphatic rings. The Kier molecular flexibility index (Phi) is 7.72. The molecule has 3 aromatic carbocycles. The molecule has 7 nitrogen and oxygen atoms in total. The molecule has 9 heteroatoms. The number of rotatable bonds is 9. The van der Waals surface area contributed by atoms with E-state index < -0.39 is 0 Å². The summed E-state index contributed by atoms with van der Waals surface area (Å²) in [6, 6.07) is 22.5. The molecule has 0 saturated heterocycles. The van der Waals surface area contributed by atoms with Crippen LogP contribution in [-0.4, -0.2) is 33.5 Å². The van der Waals surface area contributed by atoms with Crippen molar-refractivity contribution in [3.8, 4) is 17.2 Å². The SMILES string of the molecule is COc1ccc(OCc2nnc(SCC(=O)Nc3ccccc3Cl)n2-c2ccc(C)cc2)cc1. The second kappa shape index (κ2) is 11.1. The lowest BCUT2D eigenvalue weighted by Crippen LogP contribution is -2.15. The van der Waals surface area contributed by atoms with Crippen LogP contribution in [0.15, 0.2) is 78.0 Å². The molecule has 0 spiro atoms. The first-order chi connectivity index (χ1) is 16.5. The molecule has 4 rings (SSSR count). The van der Waals surface area contributed by atoms with Crippen molar-refractivity contribution >= 4 is 35.0 Å². The van der Waals surface area contributed by atoms with E-state index in [0.717, 1.165) is 17.0 Å². The van der Waals surface area contributed by atoms with Crippen molar-refractivity contribution < 1.29 is 14.3 Å². The van der Waals surface area contributed by atoms with Gasteiger partial charge in [0, 0.05) is 5.69 Å². The molecule has 34 heavy (non-hydrogen) atoms. The van der Waals surface area contributed by atoms with Gasteiger partial charge in [-0.3, -0.25) is 9.36 Å². The Morgan fingerprint density at radius 2 is 1.71 bits per heavy atom. The minimum Gasteiger partial charge on any atom is -0.497 e. The zero-order chi connectivity index (χ0) is 23.9. The van der Waals surface area contributed by atoms with Gasteiger partial charge in [-0.1, -0.05) is 53.2 Å². The van der Waals surface area contributed by atoms with Gasteiger partial charge < -0.3 is 14.8 Å². The number of hydrogen-bond donors (Lipinski definition) is 1. The highest BCUT2D eigenvalue weighted by Crippen LogP contribution is 2.25. The summed E-state index contributed by atoms with van der Waals surface area (Å²) >= 11 is 7.43. The maximum atomic E-state index is 12.5. The molecule has 0 atom stereocenters. The molecule has 0 saturated carbocycles. The first kappa shape index (κ1) is 23.7. The minimum absolute atomic E-state index is 0.147. The summed E-state index contributed by atoms with van der Waals surface area (Å²) in [5.74, 6) is 2.02. The molecule has 0 unspecified atom stereocenters. The van der Waals surface area contributed by atoms with Crippen molar-refractivity contribution in [2.75, 3.05) is 18.2 Å². The fourth-order valence-electron chi connectivity index (χ4n) is 3.14. The van der Waals surface area contributed by atoms with Gasteiger partial charge in [0.15, 0.2) is 11.0 Å². The topological polar surface area (TPSA) is 78.3 Å². The number of halogens is 1. The molecule has 1 amide bonds. The Morgan fingerprint density at radius 3 is 2.41 bits per heavy atom. The van der Waals surface area contributed by atoms with Crippen LogP contribution >= 0.6 is 23.4 Å². The number of nitrogens with one attached hydrogen (secondary N) is 1. The number of hydrogen-bond acceptors (Lipinski definition) is 6. The number of carbonyl (C=O) groups is 1. The van der Waals surface area contributed by atoms with Crippen LogP contribution in [0, 0.1) is 6.92 Å². The number of nitrogens with zero attached hydrogens (tertiary/aromatic N) is 3. The van der Waals surface area contributed by atoms with Gasteiger partial charge >= 0.3 is 0 Å². The first-order valence-corrected chi connectivity index (χ1v) is 11.8. The highest BCUT2D eigenvalue weighted by Gasteiger charge is 2.17. The molecule has 0 aliphatic heterocycles. The van der Waals surface area contributed by atoms with Crippen LogP contribution in [-0.2, 0) is 11.4 Å². The minimum atomic E-state index is -0.187. The number of benzene rings is 3. The first-order valence-electron chi connectivity index (χ1n) is 10.5. The summed E-state index contributed by atoms with van der Waals surface area (Å²) in [7, 11) is 1.62. The van der Waals surface area contributed by atoms with E-state index in [1.54, 1.807) is 19.2 Å². The molecule has 1 aromatic heterocycles. The van der Waals surface area contributed by atoms with Gasteiger partial charge in [-0.05, 0) is 55.5 Å². The highest BCUT2D eigenvalue weighted by atomic mass is 35.5. The molecule has 1 N–H and O–H groups in total. The molecule has 0 bridgehead atoms. The summed E-state index contributed by atoms with van der Waals surface area (Å²) < 4.78 is 13.0. The summed E-state index contributed by atoms with van der Waals surface area (Å²) in [4.78, 5) is 12.5. The monoisotopic (exact) mass is 494 g/mol. The normalized spacial score (nSPS) is 10.7. The molecule has 4 aromatic rings. The number of carbonyl (C=O) groups excluding carboxylic acids is 1. The quantitative estimate of drug-likeness (QED) is 0.307. The third kappa shape index (κ3) is 5.89. The highest BCUT2D eigenvalue weighted by molar-refractivity contribution is 7.99. The maximum absolute atomic E-state index is 12.5. The molecule has 174 valence electrons. The van der Waals surface area contributed by atoms with Gasteiger partial charge in [0.2, 0.25) is 5.91 Å². The van der Waals surface area contributed by atoms with Gasteiger partial charge in [-0.15, -0.1) is 10.2 Å². The summed E-state index contributed by atoms with van der Waals surface area (Å²) in [5.41, 5.74) is 2.60. The predicted molar refractivity (Wildman–Crippen MR) is 134 cm³/mol. The van der Waals surface area contributed by atoms with Crippen LogP contribution in [0.5, 0.6) is 11.5 Å². The van der Waals surface area contributed by atoms with Gasteiger partial charge in [0.25, 0.3) is 0 Å². The van der Waals surface area contributed by atoms with E-state index in [2.05, 4.69) is 15.5 Å². The molecule has 0 fully saturated rings. The number of para-hydroxylation sites is 1. The number of methoxy groups -OCH3 is 1. The molecular formula is C25H23ClN4O3S. The summed E-state index contributed by atoms with van der Waals surface area (Å²) in [6.07, 6.45) is 0. The summed E-state index contributed by atoms with van der Waals surface area (Å²) in [6.45, 7) is 2.23. The van der Waals surface area contributed by atoms with Gasteiger partial charge in [-0.25, -0.2) is 0 Å². The van der Waals surface area contributed by atoms with E-state index in [0.29, 0.717) is 27.4 Å². The van der Waals surface area contributed by atoms with Crippen molar-refractivity contribution in [2.45, 2.75) is 18.7 Å². The number of ether oxygens (including phenoxy) is 2. The number of amides is 1. The fraction of sp³-hybridized carbons (Fsp3) is 0.160. The Bertz CT molecular complexity index is 1260. The fourth-order valence-corrected chi connectivity index (χ4v) is 4.09. The third-order valence-electron chi connectivity index (χ3n) is 4.90. The van der Waals surface area contributed by atoms with Crippen molar-refractivity contribution in [3.63, 3.8) is 0 Å². The van der Waals surface area contributed by atoms with Crippen LogP contribution in [0.1, 0.15) is 11.4 Å². The van der Waals surface area contributed by atoms with E-state index in [9.17, 15) is 4.79 Å². The molecular weight excluding hydrogens is 472 g/mol. The molecule has 0 aliphatic carbocycles. The Hall–Kier alpha value is -3.49. The average Bonchev–Trinajstić information content (AvgIpc) is 3.26. The van der Waals surface area contributed by atoms with Crippen LogP contribution in [0.3, 0.4) is 0 Å². The van der Waals surface area contributed by atoms with Gasteiger partial charge in [0.1, 0.15) is 18.1 Å². The second-order valence-electron chi connectivity index (χ2n) is 7.35. The van der Waals surface area contributed by atoms with Gasteiger partial charge in [0.05, 0.1) is 23.6 Å². The van der Waals surface area contributed by atoms with Crippen LogP contribution in [0.4, 0.5) is 5.69 Å². The Morgan fingerprint density at radius 1 is 1.00 bits per heavy atom. The maximum Gasteiger partial charge on any atom is 0.234 e. The standard InChI is InChI=1S/C25H23ClN4O3S/c1-17-7-9-18(10-8-17)30-23(15-33-20-13-11-19(32-2)12-14-20)28-29-25(30)34-16-24(31)27-22-6-4-3-5-21(22)26/h3-14H,15-16H2,1-2H3,(H,27,31). The zero-order valence-electron chi connectivity index (χ0n) is 18.7. The zero-order valence-corrected chi connectivity index (χ0v) is 20.3. The Labute approximate surface area is 207 Å². The van der Waals surface area contributed by atoms with Crippen molar-refractivity contribution in [1.82, 2.24) is 14.8 Å². The number of aryl methyl sites for hydroxylation is 1. The van der Waals surface area contributed by atoms with Crippen LogP contribution in [0.25, 0.3) is 5.69 Å². The van der Waals surface area contributed by atoms with E-state index in [1.165, 1.54) is 11.8 Å². The van der Waals surface area contributed by atoms with E-state index in [-0.39, 0.29) is 18.3 Å². The smallest absolute Gasteiger partial charge is 0.234 e. The van der Waals surface area contributed by atoms with Crippen LogP contribution < -0.4 is 14.8 Å². The van der Waals surface area contributed by atoms with E-state index in [4.69, 9.17) is 21.1 Å². The summed E-state index contributed by atoms with van der Waals surface area (Å²) in [5, 5.41) is 12.6. The molecule has 1 heterocycles. The van der Waals surface area contributed by atoms with E-state index in [1.807, 2.05) is 72.2 Å². The van der Waals surface area contributed by atoms with Crippen molar-refractivity contribution in [2.24, 2.45) is 0 Å². The Balaban J connectivity index is 1.50. The van der Waals surface area contributed by atoms with Crippen molar-refractivity contribution in [1.29, 1.82) is 0 Å². The second-order valence-corrected chi connectivity index (χ2v) is 8.70. The van der Waals surface area contributed by atoms with Crippen molar-refractivity contribution in [3.05, 3.63) is 89.2 Å². The number of aromatic nitrogens is 3. The number of anilines is 1. The largest absolute Gasteiger partial charge is 0.497 e. The lowest BCUT2D eigenvalue weighted by atomic mass is 10.2. The average molecular weight is 495 g/mol. The number of thioether (sulfide) groups is 1. The molecule has 0 radical (unpaired) electrons. The van der Waals surface area contributed by atoms with Gasteiger partial charge in [-0.2, -0.15) is 0 Å². The lowest BCUT2D eigenvalue weighted by molar-refractivity contribution is -0.113. The predicted octanol–water partition coefficient (Wildman–Crippen LogP) is 5.55. The van der Waals surface area contributed by atoms with Crippen LogP contribution in [0.2, 0.25) is 5.02 Å². The van der Waals surface area contributed by atoms with E-state index >= 15 is 0 Å². The third-order valence-corrected chi connectivity index (χ3v) is 6.16.